The first-order chi connectivity index (χ1) is 30.1. The molecule has 0 spiro atoms. The fourth-order valence-corrected chi connectivity index (χ4v) is 9.06. The fraction of sp³-hybridized carbons (Fsp3) is 0.780. The van der Waals surface area contributed by atoms with Crippen LogP contribution in [-0.2, 0) is 28.8 Å². The van der Waals surface area contributed by atoms with Gasteiger partial charge in [-0.2, -0.15) is 25.3 Å². The number of carbonyl (C=O) groups is 6. The Morgan fingerprint density at radius 3 is 1.28 bits per heavy atom. The number of hydrogen-bond acceptors (Lipinski definition) is 14. The Kier molecular flexibility index (Phi) is 30.9. The van der Waals surface area contributed by atoms with E-state index in [1.165, 1.54) is 21.6 Å². The molecule has 0 fully saturated rings. The van der Waals surface area contributed by atoms with Gasteiger partial charge < -0.3 is 46.2 Å². The Balaban J connectivity index is 5.61. The molecule has 6 amide bonds. The summed E-state index contributed by atoms with van der Waals surface area (Å²) >= 11 is 26.3. The highest BCUT2D eigenvalue weighted by Gasteiger charge is 2.42. The lowest BCUT2D eigenvalue weighted by atomic mass is 10.0. The van der Waals surface area contributed by atoms with Crippen molar-refractivity contribution >= 4 is 124 Å². The first kappa shape index (κ1) is 61.5. The van der Waals surface area contributed by atoms with Gasteiger partial charge in [0.15, 0.2) is 10.2 Å². The van der Waals surface area contributed by atoms with Crippen LogP contribution < -0.4 is 26.6 Å². The van der Waals surface area contributed by atoms with E-state index in [2.05, 4.69) is 51.8 Å². The number of carbonyl (C=O) groups excluding carboxylic acids is 6. The Hall–Kier alpha value is -2.54. The number of thioether (sulfide) groups is 1. The lowest BCUT2D eigenvalue weighted by molar-refractivity contribution is -0.139. The molecule has 17 nitrogen and oxygen atoms in total. The molecule has 5 N–H and O–H groups in total. The molecule has 23 heteroatoms. The summed E-state index contributed by atoms with van der Waals surface area (Å²) in [5.41, 5.74) is -2.55. The zero-order valence-corrected chi connectivity index (χ0v) is 45.0. The van der Waals surface area contributed by atoms with E-state index in [0.29, 0.717) is 69.8 Å². The summed E-state index contributed by atoms with van der Waals surface area (Å²) in [5, 5.41) is 15.8. The van der Waals surface area contributed by atoms with Crippen molar-refractivity contribution in [3.8, 4) is 0 Å². The van der Waals surface area contributed by atoms with Crippen LogP contribution in [0.4, 0.5) is 0 Å². The predicted molar refractivity (Wildman–Crippen MR) is 279 cm³/mol. The minimum absolute atomic E-state index is 0.0703. The van der Waals surface area contributed by atoms with E-state index < -0.39 is 17.1 Å². The van der Waals surface area contributed by atoms with Crippen LogP contribution in [-0.4, -0.2) is 205 Å². The number of nitrogens with one attached hydrogen (secondary N) is 5. The molecule has 0 radical (unpaired) electrons. The maximum absolute atomic E-state index is 13.7. The molecule has 1 unspecified atom stereocenters. The molecule has 0 saturated carbocycles. The molecule has 0 aromatic heterocycles. The Morgan fingerprint density at radius 1 is 0.562 bits per heavy atom. The highest BCUT2D eigenvalue weighted by atomic mass is 32.2. The number of nitrogens with zero attached hydrogens (tertiary/aromatic N) is 6. The van der Waals surface area contributed by atoms with E-state index in [4.69, 9.17) is 36.7 Å². The van der Waals surface area contributed by atoms with Gasteiger partial charge in [0, 0.05) is 104 Å². The van der Waals surface area contributed by atoms with Crippen LogP contribution in [0.3, 0.4) is 0 Å². The van der Waals surface area contributed by atoms with Crippen LogP contribution in [0.15, 0.2) is 0 Å². The molecule has 0 aliphatic carbocycles. The van der Waals surface area contributed by atoms with Gasteiger partial charge in [-0.1, -0.05) is 24.0 Å². The molecule has 0 saturated heterocycles. The van der Waals surface area contributed by atoms with Gasteiger partial charge in [-0.15, -0.1) is 0 Å². The molecular weight excluding hydrogens is 935 g/mol. The zero-order chi connectivity index (χ0) is 49.2. The van der Waals surface area contributed by atoms with E-state index in [0.717, 1.165) is 13.1 Å². The highest BCUT2D eigenvalue weighted by Crippen LogP contribution is 2.20. The number of amides is 6. The lowest BCUT2D eigenvalue weighted by Gasteiger charge is -2.40. The molecule has 0 aliphatic heterocycles. The molecule has 0 heterocycles. The Labute approximate surface area is 414 Å². The summed E-state index contributed by atoms with van der Waals surface area (Å²) in [4.78, 5) is 89.1. The molecule has 0 rings (SSSR count). The average molecular weight is 1010 g/mol. The zero-order valence-electron chi connectivity index (χ0n) is 40.0. The van der Waals surface area contributed by atoms with Crippen molar-refractivity contribution < 1.29 is 28.8 Å². The maximum atomic E-state index is 13.7. The van der Waals surface area contributed by atoms with Crippen molar-refractivity contribution in [3.63, 3.8) is 0 Å². The highest BCUT2D eigenvalue weighted by molar-refractivity contribution is 8.23. The van der Waals surface area contributed by atoms with Crippen molar-refractivity contribution in [1.29, 1.82) is 0 Å². The second-order valence-corrected chi connectivity index (χ2v) is 18.6. The first-order valence-electron chi connectivity index (χ1n) is 22.0. The van der Waals surface area contributed by atoms with Gasteiger partial charge in [0.25, 0.3) is 0 Å². The average Bonchev–Trinajstić information content (AvgIpc) is 3.25. The largest absolute Gasteiger partial charge is 0.358 e. The molecule has 1 atom stereocenters. The van der Waals surface area contributed by atoms with Crippen LogP contribution in [0.25, 0.3) is 0 Å². The number of hydrogen-bond donors (Lipinski definition) is 7. The van der Waals surface area contributed by atoms with Crippen molar-refractivity contribution in [3.05, 3.63) is 0 Å². The van der Waals surface area contributed by atoms with Crippen LogP contribution in [0.1, 0.15) is 82.6 Å². The van der Waals surface area contributed by atoms with Crippen molar-refractivity contribution in [2.75, 3.05) is 109 Å². The normalized spacial score (nSPS) is 11.8. The van der Waals surface area contributed by atoms with E-state index in [1.54, 1.807) is 39.5 Å². The quantitative estimate of drug-likeness (QED) is 0.0328. The van der Waals surface area contributed by atoms with Gasteiger partial charge in [-0.25, -0.2) is 0 Å². The van der Waals surface area contributed by atoms with Crippen LogP contribution in [0, 0.1) is 0 Å². The third kappa shape index (κ3) is 20.1. The minimum Gasteiger partial charge on any atom is -0.358 e. The maximum Gasteiger partial charge on any atom is 0.245 e. The molecule has 0 aromatic carbocycles. The summed E-state index contributed by atoms with van der Waals surface area (Å²) in [7, 11) is 0. The van der Waals surface area contributed by atoms with E-state index in [-0.39, 0.29) is 82.4 Å². The van der Waals surface area contributed by atoms with E-state index >= 15 is 0 Å². The van der Waals surface area contributed by atoms with Crippen molar-refractivity contribution in [2.24, 2.45) is 0 Å². The summed E-state index contributed by atoms with van der Waals surface area (Å²) < 4.78 is 0.650. The fourth-order valence-electron chi connectivity index (χ4n) is 6.39. The molecule has 64 heavy (non-hydrogen) atoms. The van der Waals surface area contributed by atoms with Gasteiger partial charge in [-0.05, 0) is 101 Å². The number of thiol groups is 2. The van der Waals surface area contributed by atoms with Crippen LogP contribution in [0.2, 0.25) is 0 Å². The summed E-state index contributed by atoms with van der Waals surface area (Å²) in [5.74, 6) is -1.96. The second-order valence-electron chi connectivity index (χ2n) is 15.6. The van der Waals surface area contributed by atoms with E-state index in [1.807, 2.05) is 56.2 Å². The molecular formula is C41H77N11O6S6. The van der Waals surface area contributed by atoms with Crippen molar-refractivity contribution in [2.45, 2.75) is 99.7 Å². The number of rotatable bonds is 29. The summed E-state index contributed by atoms with van der Waals surface area (Å²) in [6.45, 7) is 26.6. The molecule has 368 valence electrons. The predicted octanol–water partition coefficient (Wildman–Crippen LogP) is 1.81. The van der Waals surface area contributed by atoms with Crippen LogP contribution in [0.5, 0.6) is 0 Å². The molecule has 0 bridgehead atoms. The molecule has 0 aliphatic rings. The lowest BCUT2D eigenvalue weighted by Crippen LogP contribution is -2.62. The first-order valence-corrected chi connectivity index (χ1v) is 25.5. The second kappa shape index (κ2) is 32.2. The topological polar surface area (TPSA) is 182 Å². The molecule has 0 aromatic rings. The van der Waals surface area contributed by atoms with Gasteiger partial charge in [-0.3, -0.25) is 38.6 Å². The van der Waals surface area contributed by atoms with Gasteiger partial charge in [0.1, 0.15) is 15.4 Å². The van der Waals surface area contributed by atoms with E-state index in [9.17, 15) is 28.8 Å². The van der Waals surface area contributed by atoms with Gasteiger partial charge >= 0.3 is 0 Å². The Bertz CT molecular complexity index is 1470. The summed E-state index contributed by atoms with van der Waals surface area (Å²) in [6, 6.07) is -0.435. The van der Waals surface area contributed by atoms with Gasteiger partial charge in [0.05, 0.1) is 17.3 Å². The van der Waals surface area contributed by atoms with Crippen LogP contribution >= 0.6 is 73.7 Å². The minimum atomic E-state index is -1.28. The van der Waals surface area contributed by atoms with Crippen molar-refractivity contribution in [1.82, 2.24) is 56.0 Å². The smallest absolute Gasteiger partial charge is 0.245 e. The monoisotopic (exact) mass is 1010 g/mol. The third-order valence-corrected chi connectivity index (χ3v) is 13.3. The summed E-state index contributed by atoms with van der Waals surface area (Å²) in [6.07, 6.45) is 0.0703. The number of thiocarbonyl (C=S) groups is 3. The van der Waals surface area contributed by atoms with Gasteiger partial charge in [0.2, 0.25) is 35.4 Å². The SMILES string of the molecule is CCN(CC)C(=S)SCC(=O)NC(C)CC(=O)N(CCNCCNC(=O)C(C)(C)N(C(=O)CS)C(=S)N(CC)CC)CCNCCNC(=O)C(C)(C)N(C(=O)CS)C(=S)N(CC)CC. The Morgan fingerprint density at radius 2 is 0.938 bits per heavy atom. The third-order valence-electron chi connectivity index (χ3n) is 10.3. The standard InChI is InChI=1S/C41H77N11O6S6/c1-12-47(13-2)37(61)51(33(55)27-59)40(8,9)35(57)44-20-18-42-22-24-50(32(54)26-30(7)46-31(53)29-64-39(63)49(16-5)17-6)25-23-43-19-21-45-36(58)41(10,11)52(34(56)28-60)38(62)48(14-3)15-4/h30,42-43,59-60H,12-29H2,1-11H3,(H,44,57)(H,45,58)(H,46,53).